The van der Waals surface area contributed by atoms with Crippen LogP contribution in [0.3, 0.4) is 0 Å². The molecule has 1 unspecified atom stereocenters. The minimum Gasteiger partial charge on any atom is -0.495 e. The number of fused-ring (bicyclic) bond motifs is 1. The Kier molecular flexibility index (Phi) is 8.54. The molecular formula is C24H24Cl2FN5O3. The zero-order valence-electron chi connectivity index (χ0n) is 18.9. The average molecular weight is 520 g/mol. The van der Waals surface area contributed by atoms with E-state index in [-0.39, 0.29) is 12.4 Å². The lowest BCUT2D eigenvalue weighted by Crippen LogP contribution is -2.39. The normalized spacial score (nSPS) is 14.6. The highest BCUT2D eigenvalue weighted by atomic mass is 35.5. The van der Waals surface area contributed by atoms with Gasteiger partial charge in [-0.3, -0.25) is 0 Å². The molecule has 2 aromatic carbocycles. The lowest BCUT2D eigenvalue weighted by atomic mass is 9.92. The van der Waals surface area contributed by atoms with E-state index >= 15 is 0 Å². The molecule has 2 N–H and O–H groups in total. The lowest BCUT2D eigenvalue weighted by Gasteiger charge is -2.33. The van der Waals surface area contributed by atoms with Crippen LogP contribution in [0, 0.1) is 17.2 Å². The minimum atomic E-state index is -1.86. The largest absolute Gasteiger partial charge is 0.495 e. The van der Waals surface area contributed by atoms with Crippen molar-refractivity contribution in [2.45, 2.75) is 25.6 Å². The number of nitrogens with zero attached hydrogens (tertiary/aromatic N) is 4. The van der Waals surface area contributed by atoms with E-state index in [2.05, 4.69) is 21.6 Å². The van der Waals surface area contributed by atoms with Crippen molar-refractivity contribution in [3.05, 3.63) is 52.5 Å². The second kappa shape index (κ2) is 11.4. The highest BCUT2D eigenvalue weighted by molar-refractivity contribution is 6.32. The third-order valence-corrected chi connectivity index (χ3v) is 6.35. The number of carboxylic acid groups (broad SMARTS) is 1. The van der Waals surface area contributed by atoms with Crippen LogP contribution in [0.5, 0.6) is 5.75 Å². The number of ether oxygens (including phenoxy) is 1. The van der Waals surface area contributed by atoms with E-state index in [1.807, 2.05) is 17.0 Å². The number of nitrogens with one attached hydrogen (secondary N) is 1. The summed E-state index contributed by atoms with van der Waals surface area (Å²) in [6.45, 7) is 1.38. The van der Waals surface area contributed by atoms with E-state index in [4.69, 9.17) is 21.4 Å². The standard InChI is InChI=1S/C24H23ClFN5O3.ClH/c1-34-20-5-3-15(11-19(20)25)13-28-22-18-10-14(12-27)2-4-17(18)23(30-29-22)31-8-6-16(7-9-31)21(26)24(32)33;/h2-5,10-11,16,21H,6-9,13H2,1H3,(H,28,29)(H,32,33);1H. The molecule has 0 radical (unpaired) electrons. The summed E-state index contributed by atoms with van der Waals surface area (Å²) in [7, 11) is 1.56. The van der Waals surface area contributed by atoms with E-state index < -0.39 is 18.1 Å². The van der Waals surface area contributed by atoms with Crippen LogP contribution in [0.2, 0.25) is 5.02 Å². The minimum absolute atomic E-state index is 0. The first-order valence-electron chi connectivity index (χ1n) is 10.8. The monoisotopic (exact) mass is 519 g/mol. The molecule has 11 heteroatoms. The summed E-state index contributed by atoms with van der Waals surface area (Å²) in [6, 6.07) is 12.9. The van der Waals surface area contributed by atoms with E-state index in [0.717, 1.165) is 16.3 Å². The van der Waals surface area contributed by atoms with Crippen molar-refractivity contribution in [1.29, 1.82) is 5.26 Å². The molecule has 1 aromatic heterocycles. The first-order valence-corrected chi connectivity index (χ1v) is 11.2. The Labute approximate surface area is 213 Å². The number of benzene rings is 2. The SMILES string of the molecule is COc1ccc(CNc2nnc(N3CCC(C(F)C(=O)O)CC3)c3ccc(C#N)cc23)cc1Cl.Cl. The fourth-order valence-corrected chi connectivity index (χ4v) is 4.47. The number of nitriles is 1. The number of hydrogen-bond acceptors (Lipinski definition) is 7. The van der Waals surface area contributed by atoms with Gasteiger partial charge in [-0.05, 0) is 48.7 Å². The topological polar surface area (TPSA) is 111 Å². The van der Waals surface area contributed by atoms with E-state index in [1.54, 1.807) is 31.4 Å². The predicted molar refractivity (Wildman–Crippen MR) is 134 cm³/mol. The molecule has 1 saturated heterocycles. The summed E-state index contributed by atoms with van der Waals surface area (Å²) in [5.74, 6) is -0.198. The number of carbonyl (C=O) groups is 1. The molecule has 0 spiro atoms. The van der Waals surface area contributed by atoms with Crippen molar-refractivity contribution >= 4 is 52.4 Å². The van der Waals surface area contributed by atoms with Gasteiger partial charge >= 0.3 is 5.97 Å². The quantitative estimate of drug-likeness (QED) is 0.456. The third-order valence-electron chi connectivity index (χ3n) is 6.05. The number of piperidine rings is 1. The molecule has 184 valence electrons. The van der Waals surface area contributed by atoms with Crippen molar-refractivity contribution in [3.63, 3.8) is 0 Å². The van der Waals surface area contributed by atoms with Gasteiger partial charge in [0.05, 0.1) is 23.8 Å². The molecule has 35 heavy (non-hydrogen) atoms. The number of halogens is 3. The van der Waals surface area contributed by atoms with Gasteiger partial charge in [-0.2, -0.15) is 5.26 Å². The second-order valence-corrected chi connectivity index (χ2v) is 8.54. The number of anilines is 2. The van der Waals surface area contributed by atoms with E-state index in [0.29, 0.717) is 60.4 Å². The molecule has 0 aliphatic carbocycles. The summed E-state index contributed by atoms with van der Waals surface area (Å²) >= 11 is 6.22. The first-order chi connectivity index (χ1) is 16.4. The van der Waals surface area contributed by atoms with Crippen LogP contribution < -0.4 is 15.0 Å². The number of aromatic nitrogens is 2. The number of alkyl halides is 1. The summed E-state index contributed by atoms with van der Waals surface area (Å²) in [5.41, 5.74) is 1.41. The lowest BCUT2D eigenvalue weighted by molar-refractivity contribution is -0.145. The Morgan fingerprint density at radius 1 is 1.29 bits per heavy atom. The van der Waals surface area contributed by atoms with Gasteiger partial charge < -0.3 is 20.1 Å². The van der Waals surface area contributed by atoms with Crippen molar-refractivity contribution < 1.29 is 19.0 Å². The Morgan fingerprint density at radius 3 is 2.66 bits per heavy atom. The van der Waals surface area contributed by atoms with Gasteiger partial charge in [0.1, 0.15) is 5.75 Å². The highest BCUT2D eigenvalue weighted by Crippen LogP contribution is 2.33. The Hall–Kier alpha value is -3.35. The van der Waals surface area contributed by atoms with Crippen LogP contribution in [-0.4, -0.2) is 47.6 Å². The maximum Gasteiger partial charge on any atom is 0.338 e. The van der Waals surface area contributed by atoms with Crippen molar-refractivity contribution in [3.8, 4) is 11.8 Å². The summed E-state index contributed by atoms with van der Waals surface area (Å²) in [4.78, 5) is 13.0. The highest BCUT2D eigenvalue weighted by Gasteiger charge is 2.32. The summed E-state index contributed by atoms with van der Waals surface area (Å²) in [6.07, 6.45) is -1.04. The zero-order valence-corrected chi connectivity index (χ0v) is 20.4. The van der Waals surface area contributed by atoms with Crippen LogP contribution in [-0.2, 0) is 11.3 Å². The third kappa shape index (κ3) is 5.66. The fourth-order valence-electron chi connectivity index (χ4n) is 4.19. The maximum absolute atomic E-state index is 13.9. The number of methoxy groups -OCH3 is 1. The molecule has 1 atom stereocenters. The molecule has 4 rings (SSSR count). The number of aliphatic carboxylic acids is 1. The zero-order chi connectivity index (χ0) is 24.2. The van der Waals surface area contributed by atoms with Gasteiger partial charge in [0.2, 0.25) is 0 Å². The van der Waals surface area contributed by atoms with E-state index in [1.165, 1.54) is 0 Å². The van der Waals surface area contributed by atoms with Crippen molar-refractivity contribution in [2.75, 3.05) is 30.4 Å². The maximum atomic E-state index is 13.9. The Balaban J connectivity index is 0.00000342. The summed E-state index contributed by atoms with van der Waals surface area (Å²) < 4.78 is 19.1. The molecule has 1 aliphatic heterocycles. The number of rotatable bonds is 7. The van der Waals surface area contributed by atoms with Crippen LogP contribution in [0.25, 0.3) is 10.8 Å². The molecule has 0 saturated carbocycles. The van der Waals surface area contributed by atoms with Crippen molar-refractivity contribution in [2.24, 2.45) is 5.92 Å². The molecule has 1 fully saturated rings. The van der Waals surface area contributed by atoms with Gasteiger partial charge in [-0.25, -0.2) is 9.18 Å². The number of hydrogen-bond donors (Lipinski definition) is 2. The molecule has 0 amide bonds. The van der Waals surface area contributed by atoms with Gasteiger partial charge in [0, 0.05) is 36.3 Å². The Bertz CT molecular complexity index is 1260. The molecular weight excluding hydrogens is 496 g/mol. The van der Waals surface area contributed by atoms with Gasteiger partial charge in [-0.1, -0.05) is 17.7 Å². The molecule has 0 bridgehead atoms. The average Bonchev–Trinajstić information content (AvgIpc) is 2.86. The predicted octanol–water partition coefficient (Wildman–Crippen LogP) is 4.84. The van der Waals surface area contributed by atoms with E-state index in [9.17, 15) is 14.4 Å². The second-order valence-electron chi connectivity index (χ2n) is 8.13. The first kappa shape index (κ1) is 26.3. The van der Waals surface area contributed by atoms with Crippen LogP contribution >= 0.6 is 24.0 Å². The van der Waals surface area contributed by atoms with Gasteiger partial charge in [-0.15, -0.1) is 22.6 Å². The van der Waals surface area contributed by atoms with Crippen LogP contribution in [0.4, 0.5) is 16.0 Å². The molecule has 3 aromatic rings. The fraction of sp³-hybridized carbons (Fsp3) is 0.333. The Morgan fingerprint density at radius 2 is 2.03 bits per heavy atom. The van der Waals surface area contributed by atoms with Gasteiger partial charge in [0.25, 0.3) is 0 Å². The summed E-state index contributed by atoms with van der Waals surface area (Å²) in [5, 5.41) is 32.5. The smallest absolute Gasteiger partial charge is 0.338 e. The van der Waals surface area contributed by atoms with Gasteiger partial charge in [0.15, 0.2) is 17.8 Å². The molecule has 2 heterocycles. The van der Waals surface area contributed by atoms with Crippen molar-refractivity contribution in [1.82, 2.24) is 10.2 Å². The number of carboxylic acids is 1. The van der Waals surface area contributed by atoms with Crippen LogP contribution in [0.15, 0.2) is 36.4 Å². The molecule has 8 nitrogen and oxygen atoms in total. The van der Waals surface area contributed by atoms with Crippen LogP contribution in [0.1, 0.15) is 24.0 Å². The molecule has 1 aliphatic rings.